The first kappa shape index (κ1) is 16.9. The van der Waals surface area contributed by atoms with Crippen LogP contribution in [0.15, 0.2) is 35.7 Å². The van der Waals surface area contributed by atoms with E-state index >= 15 is 4.39 Å². The van der Waals surface area contributed by atoms with Crippen molar-refractivity contribution in [3.63, 3.8) is 0 Å². The molecule has 4 rings (SSSR count). The van der Waals surface area contributed by atoms with Crippen LogP contribution >= 0.6 is 0 Å². The Balaban J connectivity index is 1.91. The van der Waals surface area contributed by atoms with E-state index in [9.17, 15) is 4.39 Å². The Morgan fingerprint density at radius 2 is 2.11 bits per heavy atom. The normalized spacial score (nSPS) is 13.4. The SMILES string of the molecule is CC(=NO)c1cnc2nnn(C(C)c3c(F)cc4ncccc4c3F)c2n1. The molecule has 0 saturated heterocycles. The van der Waals surface area contributed by atoms with Gasteiger partial charge in [0.2, 0.25) is 5.65 Å². The molecule has 0 saturated carbocycles. The van der Waals surface area contributed by atoms with Gasteiger partial charge in [-0.15, -0.1) is 5.10 Å². The number of hydrogen-bond acceptors (Lipinski definition) is 7. The molecule has 0 bridgehead atoms. The van der Waals surface area contributed by atoms with Crippen LogP contribution in [0, 0.1) is 11.6 Å². The fraction of sp³-hybridized carbons (Fsp3) is 0.176. The fourth-order valence-corrected chi connectivity index (χ4v) is 2.89. The largest absolute Gasteiger partial charge is 0.411 e. The Morgan fingerprint density at radius 3 is 2.89 bits per heavy atom. The molecule has 0 aliphatic heterocycles. The fourth-order valence-electron chi connectivity index (χ4n) is 2.89. The summed E-state index contributed by atoms with van der Waals surface area (Å²) in [5.74, 6) is -1.46. The minimum absolute atomic E-state index is 0.179. The zero-order valence-corrected chi connectivity index (χ0v) is 14.3. The van der Waals surface area contributed by atoms with Crippen molar-refractivity contribution in [3.05, 3.63) is 53.5 Å². The molecule has 1 unspecified atom stereocenters. The molecule has 0 radical (unpaired) electrons. The van der Waals surface area contributed by atoms with E-state index < -0.39 is 17.7 Å². The number of fused-ring (bicyclic) bond motifs is 2. The second kappa shape index (κ2) is 6.31. The van der Waals surface area contributed by atoms with Gasteiger partial charge in [-0.1, -0.05) is 10.4 Å². The number of halogens is 2. The van der Waals surface area contributed by atoms with Gasteiger partial charge in [-0.2, -0.15) is 0 Å². The summed E-state index contributed by atoms with van der Waals surface area (Å²) in [6.45, 7) is 3.13. The van der Waals surface area contributed by atoms with Crippen LogP contribution in [0.3, 0.4) is 0 Å². The monoisotopic (exact) mass is 369 g/mol. The van der Waals surface area contributed by atoms with Crippen molar-refractivity contribution < 1.29 is 14.0 Å². The van der Waals surface area contributed by atoms with E-state index in [-0.39, 0.29) is 33.5 Å². The highest BCUT2D eigenvalue weighted by atomic mass is 19.1. The van der Waals surface area contributed by atoms with E-state index in [1.807, 2.05) is 0 Å². The number of hydrogen-bond donors (Lipinski definition) is 1. The minimum Gasteiger partial charge on any atom is -0.411 e. The highest BCUT2D eigenvalue weighted by Gasteiger charge is 2.24. The van der Waals surface area contributed by atoms with Crippen molar-refractivity contribution in [2.75, 3.05) is 0 Å². The third kappa shape index (κ3) is 2.65. The third-order valence-corrected chi connectivity index (χ3v) is 4.33. The number of oxime groups is 1. The van der Waals surface area contributed by atoms with Gasteiger partial charge in [-0.25, -0.2) is 23.4 Å². The van der Waals surface area contributed by atoms with Crippen LogP contribution in [-0.4, -0.2) is 40.9 Å². The summed E-state index contributed by atoms with van der Waals surface area (Å²) in [4.78, 5) is 12.4. The van der Waals surface area contributed by atoms with Gasteiger partial charge in [0.05, 0.1) is 17.8 Å². The molecule has 3 heterocycles. The zero-order chi connectivity index (χ0) is 19.1. The molecule has 0 fully saturated rings. The summed E-state index contributed by atoms with van der Waals surface area (Å²) >= 11 is 0. The third-order valence-electron chi connectivity index (χ3n) is 4.33. The van der Waals surface area contributed by atoms with Gasteiger partial charge >= 0.3 is 0 Å². The van der Waals surface area contributed by atoms with Gasteiger partial charge < -0.3 is 5.21 Å². The van der Waals surface area contributed by atoms with Crippen LogP contribution in [-0.2, 0) is 0 Å². The molecule has 3 aromatic heterocycles. The summed E-state index contributed by atoms with van der Waals surface area (Å²) in [5.41, 5.74) is 1.00. The summed E-state index contributed by atoms with van der Waals surface area (Å²) < 4.78 is 30.9. The van der Waals surface area contributed by atoms with Gasteiger partial charge in [0, 0.05) is 23.2 Å². The van der Waals surface area contributed by atoms with Crippen LogP contribution in [0.25, 0.3) is 22.2 Å². The Bertz CT molecular complexity index is 1200. The summed E-state index contributed by atoms with van der Waals surface area (Å²) in [7, 11) is 0. The van der Waals surface area contributed by atoms with Crippen LogP contribution in [0.1, 0.15) is 31.1 Å². The molecule has 8 nitrogen and oxygen atoms in total. The Kier molecular flexibility index (Phi) is 3.94. The molecule has 136 valence electrons. The molecule has 1 aromatic carbocycles. The first-order valence-electron chi connectivity index (χ1n) is 8.01. The molecule has 0 aliphatic carbocycles. The number of rotatable bonds is 3. The standard InChI is InChI=1S/C17H13F2N7O/c1-8(24-27)13-7-21-16-17(22-13)26(25-23-16)9(2)14-11(18)6-12-10(15(14)19)4-3-5-20-12/h3-7,9,27H,1-2H3. The molecule has 0 amide bonds. The molecule has 1 atom stereocenters. The van der Waals surface area contributed by atoms with Crippen LogP contribution in [0.4, 0.5) is 8.78 Å². The second-order valence-corrected chi connectivity index (χ2v) is 5.95. The predicted molar refractivity (Wildman–Crippen MR) is 92.6 cm³/mol. The summed E-state index contributed by atoms with van der Waals surface area (Å²) in [6.07, 6.45) is 2.85. The minimum atomic E-state index is -0.851. The highest BCUT2D eigenvalue weighted by molar-refractivity contribution is 5.97. The van der Waals surface area contributed by atoms with E-state index in [2.05, 4.69) is 30.4 Å². The van der Waals surface area contributed by atoms with Gasteiger partial charge in [-0.05, 0) is 26.0 Å². The van der Waals surface area contributed by atoms with Crippen molar-refractivity contribution in [2.45, 2.75) is 19.9 Å². The van der Waals surface area contributed by atoms with E-state index in [1.165, 1.54) is 29.2 Å². The lowest BCUT2D eigenvalue weighted by Crippen LogP contribution is -2.14. The predicted octanol–water partition coefficient (Wildman–Crippen LogP) is 2.86. The number of aromatic nitrogens is 6. The quantitative estimate of drug-likeness (QED) is 0.338. The molecule has 0 spiro atoms. The van der Waals surface area contributed by atoms with Crippen molar-refractivity contribution in [2.24, 2.45) is 5.16 Å². The first-order valence-corrected chi connectivity index (χ1v) is 8.01. The second-order valence-electron chi connectivity index (χ2n) is 5.95. The maximum atomic E-state index is 15.0. The molecule has 10 heteroatoms. The lowest BCUT2D eigenvalue weighted by atomic mass is 10.0. The highest BCUT2D eigenvalue weighted by Crippen LogP contribution is 2.30. The molecular formula is C17H13F2N7O. The molecular weight excluding hydrogens is 356 g/mol. The maximum Gasteiger partial charge on any atom is 0.221 e. The average molecular weight is 369 g/mol. The molecule has 1 N–H and O–H groups in total. The molecule has 4 aromatic rings. The smallest absolute Gasteiger partial charge is 0.221 e. The van der Waals surface area contributed by atoms with Crippen molar-refractivity contribution in [1.82, 2.24) is 29.9 Å². The van der Waals surface area contributed by atoms with E-state index in [4.69, 9.17) is 5.21 Å². The average Bonchev–Trinajstić information content (AvgIpc) is 3.10. The van der Waals surface area contributed by atoms with Gasteiger partial charge in [0.25, 0.3) is 0 Å². The Labute approximate surface area is 151 Å². The molecule has 27 heavy (non-hydrogen) atoms. The van der Waals surface area contributed by atoms with Crippen LogP contribution < -0.4 is 0 Å². The number of nitrogens with zero attached hydrogens (tertiary/aromatic N) is 7. The van der Waals surface area contributed by atoms with E-state index in [0.717, 1.165) is 0 Å². The zero-order valence-electron chi connectivity index (χ0n) is 14.3. The van der Waals surface area contributed by atoms with Crippen molar-refractivity contribution >= 4 is 27.9 Å². The van der Waals surface area contributed by atoms with E-state index in [0.29, 0.717) is 5.69 Å². The Morgan fingerprint density at radius 1 is 1.30 bits per heavy atom. The van der Waals surface area contributed by atoms with Crippen molar-refractivity contribution in [1.29, 1.82) is 0 Å². The summed E-state index contributed by atoms with van der Waals surface area (Å²) in [6, 6.07) is 3.45. The van der Waals surface area contributed by atoms with E-state index in [1.54, 1.807) is 19.9 Å². The first-order chi connectivity index (χ1) is 13.0. The van der Waals surface area contributed by atoms with Gasteiger partial charge in [0.15, 0.2) is 5.65 Å². The Hall–Kier alpha value is -3.56. The van der Waals surface area contributed by atoms with Crippen molar-refractivity contribution in [3.8, 4) is 0 Å². The van der Waals surface area contributed by atoms with Crippen LogP contribution in [0.5, 0.6) is 0 Å². The topological polar surface area (TPSA) is 102 Å². The van der Waals surface area contributed by atoms with Gasteiger partial charge in [0.1, 0.15) is 23.0 Å². The number of pyridine rings is 1. The lowest BCUT2D eigenvalue weighted by molar-refractivity contribution is 0.319. The maximum absolute atomic E-state index is 15.0. The molecule has 0 aliphatic rings. The lowest BCUT2D eigenvalue weighted by Gasteiger charge is -2.15. The van der Waals surface area contributed by atoms with Crippen LogP contribution in [0.2, 0.25) is 0 Å². The number of benzene rings is 1. The van der Waals surface area contributed by atoms with Gasteiger partial charge in [-0.3, -0.25) is 4.98 Å². The summed E-state index contributed by atoms with van der Waals surface area (Å²) in [5, 5.41) is 20.1.